The van der Waals surface area contributed by atoms with E-state index in [1.165, 1.54) is 48.5 Å². The highest BCUT2D eigenvalue weighted by atomic mass is 19.1. The second-order valence-corrected chi connectivity index (χ2v) is 4.57. The van der Waals surface area contributed by atoms with Crippen LogP contribution in [-0.4, -0.2) is 16.0 Å². The van der Waals surface area contributed by atoms with E-state index in [0.717, 1.165) is 6.08 Å². The molecule has 2 aromatic rings. The predicted octanol–water partition coefficient (Wildman–Crippen LogP) is 3.41. The first-order chi connectivity index (χ1) is 11.0. The molecule has 0 spiro atoms. The normalized spacial score (nSPS) is 10.7. The molecule has 0 amide bonds. The van der Waals surface area contributed by atoms with Gasteiger partial charge in [0.2, 0.25) is 0 Å². The first-order valence-corrected chi connectivity index (χ1v) is 6.52. The summed E-state index contributed by atoms with van der Waals surface area (Å²) in [6.07, 6.45) is 2.14. The van der Waals surface area contributed by atoms with Crippen LogP contribution in [0, 0.1) is 15.9 Å². The number of aliphatic carboxylic acids is 1. The largest absolute Gasteiger partial charge is 0.482 e. The van der Waals surface area contributed by atoms with Gasteiger partial charge in [-0.2, -0.15) is 0 Å². The molecular weight excluding hydrogens is 305 g/mol. The van der Waals surface area contributed by atoms with E-state index in [1.807, 2.05) is 0 Å². The number of ether oxygens (including phenoxy) is 1. The fraction of sp³-hybridized carbons (Fsp3) is 0.0625. The van der Waals surface area contributed by atoms with Gasteiger partial charge in [0.15, 0.2) is 5.75 Å². The van der Waals surface area contributed by atoms with Gasteiger partial charge in [-0.05, 0) is 35.4 Å². The number of nitro benzene ring substituents is 1. The SMILES string of the molecule is O=C(O)/C=C/c1ccc(OCc2ccc(F)cc2)c([N+](=O)[O-])c1. The number of halogens is 1. The van der Waals surface area contributed by atoms with Crippen LogP contribution in [0.5, 0.6) is 5.75 Å². The highest BCUT2D eigenvalue weighted by molar-refractivity contribution is 5.85. The molecule has 23 heavy (non-hydrogen) atoms. The molecule has 0 unspecified atom stereocenters. The van der Waals surface area contributed by atoms with Crippen molar-refractivity contribution >= 4 is 17.7 Å². The summed E-state index contributed by atoms with van der Waals surface area (Å²) < 4.78 is 18.2. The first kappa shape index (κ1) is 16.2. The minimum absolute atomic E-state index is 0.0471. The summed E-state index contributed by atoms with van der Waals surface area (Å²) in [6.45, 7) is 0.0471. The standard InChI is InChI=1S/C16H12FNO5/c17-13-5-1-12(2-6-13)10-23-15-7-3-11(4-8-16(19)20)9-14(15)18(21)22/h1-9H,10H2,(H,19,20)/b8-4+. The average Bonchev–Trinajstić information content (AvgIpc) is 2.52. The van der Waals surface area contributed by atoms with Gasteiger partial charge in [-0.3, -0.25) is 10.1 Å². The lowest BCUT2D eigenvalue weighted by Gasteiger charge is -2.07. The molecule has 0 saturated heterocycles. The zero-order valence-electron chi connectivity index (χ0n) is 11.8. The Kier molecular flexibility index (Phi) is 5.03. The van der Waals surface area contributed by atoms with Gasteiger partial charge in [-0.25, -0.2) is 9.18 Å². The third kappa shape index (κ3) is 4.63. The van der Waals surface area contributed by atoms with Crippen LogP contribution in [0.15, 0.2) is 48.5 Å². The number of nitro groups is 1. The van der Waals surface area contributed by atoms with E-state index in [1.54, 1.807) is 0 Å². The van der Waals surface area contributed by atoms with Crippen molar-refractivity contribution in [1.82, 2.24) is 0 Å². The number of carboxylic acids is 1. The van der Waals surface area contributed by atoms with Crippen LogP contribution in [0.25, 0.3) is 6.08 Å². The van der Waals surface area contributed by atoms with Crippen LogP contribution in [0.1, 0.15) is 11.1 Å². The Hall–Kier alpha value is -3.22. The van der Waals surface area contributed by atoms with Crippen LogP contribution >= 0.6 is 0 Å². The number of carbonyl (C=O) groups is 1. The summed E-state index contributed by atoms with van der Waals surface area (Å²) >= 11 is 0. The maximum atomic E-state index is 12.8. The summed E-state index contributed by atoms with van der Waals surface area (Å²) in [7, 11) is 0. The number of hydrogen-bond acceptors (Lipinski definition) is 4. The van der Waals surface area contributed by atoms with E-state index in [4.69, 9.17) is 9.84 Å². The maximum Gasteiger partial charge on any atom is 0.328 e. The van der Waals surface area contributed by atoms with Crippen molar-refractivity contribution in [3.05, 3.63) is 75.6 Å². The molecule has 0 heterocycles. The van der Waals surface area contributed by atoms with E-state index < -0.39 is 10.9 Å². The predicted molar refractivity (Wildman–Crippen MR) is 80.5 cm³/mol. The first-order valence-electron chi connectivity index (χ1n) is 6.52. The van der Waals surface area contributed by atoms with Crippen molar-refractivity contribution < 1.29 is 24.0 Å². The summed E-state index contributed by atoms with van der Waals surface area (Å²) in [5.74, 6) is -1.48. The molecule has 6 nitrogen and oxygen atoms in total. The van der Waals surface area contributed by atoms with Gasteiger partial charge in [0, 0.05) is 12.1 Å². The Morgan fingerprint density at radius 1 is 1.26 bits per heavy atom. The van der Waals surface area contributed by atoms with Crippen LogP contribution in [0.2, 0.25) is 0 Å². The van der Waals surface area contributed by atoms with Crippen LogP contribution in [-0.2, 0) is 11.4 Å². The molecule has 0 saturated carbocycles. The number of hydrogen-bond donors (Lipinski definition) is 1. The van der Waals surface area contributed by atoms with Gasteiger partial charge < -0.3 is 9.84 Å². The Balaban J connectivity index is 2.19. The zero-order valence-corrected chi connectivity index (χ0v) is 11.8. The minimum Gasteiger partial charge on any atom is -0.482 e. The highest BCUT2D eigenvalue weighted by Crippen LogP contribution is 2.29. The lowest BCUT2D eigenvalue weighted by Crippen LogP contribution is -1.99. The summed E-state index contributed by atoms with van der Waals surface area (Å²) in [4.78, 5) is 21.0. The van der Waals surface area contributed by atoms with Crippen molar-refractivity contribution in [2.75, 3.05) is 0 Å². The lowest BCUT2D eigenvalue weighted by molar-refractivity contribution is -0.386. The second-order valence-electron chi connectivity index (χ2n) is 4.57. The molecule has 2 aromatic carbocycles. The molecule has 2 rings (SSSR count). The van der Waals surface area contributed by atoms with E-state index in [0.29, 0.717) is 11.1 Å². The minimum atomic E-state index is -1.15. The average molecular weight is 317 g/mol. The van der Waals surface area contributed by atoms with Crippen molar-refractivity contribution in [2.24, 2.45) is 0 Å². The van der Waals surface area contributed by atoms with Crippen LogP contribution < -0.4 is 4.74 Å². The smallest absolute Gasteiger partial charge is 0.328 e. The molecule has 1 N–H and O–H groups in total. The number of rotatable bonds is 6. The Labute approximate surface area is 130 Å². The van der Waals surface area contributed by atoms with Gasteiger partial charge in [0.05, 0.1) is 4.92 Å². The number of carboxylic acid groups (broad SMARTS) is 1. The van der Waals surface area contributed by atoms with E-state index in [9.17, 15) is 19.3 Å². The molecule has 0 atom stereocenters. The maximum absolute atomic E-state index is 12.8. The van der Waals surface area contributed by atoms with E-state index >= 15 is 0 Å². The molecular formula is C16H12FNO5. The molecule has 0 aliphatic rings. The number of nitrogens with zero attached hydrogens (tertiary/aromatic N) is 1. The summed E-state index contributed by atoms with van der Waals surface area (Å²) in [6, 6.07) is 9.70. The van der Waals surface area contributed by atoms with Crippen LogP contribution in [0.3, 0.4) is 0 Å². The van der Waals surface area contributed by atoms with Gasteiger partial charge >= 0.3 is 11.7 Å². The Morgan fingerprint density at radius 3 is 2.57 bits per heavy atom. The quantitative estimate of drug-likeness (QED) is 0.501. The molecule has 0 aliphatic heterocycles. The molecule has 0 fully saturated rings. The monoisotopic (exact) mass is 317 g/mol. The second kappa shape index (κ2) is 7.17. The lowest BCUT2D eigenvalue weighted by atomic mass is 10.1. The number of benzene rings is 2. The van der Waals surface area contributed by atoms with E-state index in [-0.39, 0.29) is 23.9 Å². The van der Waals surface area contributed by atoms with Crippen LogP contribution in [0.4, 0.5) is 10.1 Å². The third-order valence-corrected chi connectivity index (χ3v) is 2.91. The van der Waals surface area contributed by atoms with Crippen molar-refractivity contribution in [3.8, 4) is 5.75 Å². The van der Waals surface area contributed by atoms with Crippen molar-refractivity contribution in [3.63, 3.8) is 0 Å². The zero-order chi connectivity index (χ0) is 16.8. The van der Waals surface area contributed by atoms with Gasteiger partial charge in [-0.1, -0.05) is 18.2 Å². The third-order valence-electron chi connectivity index (χ3n) is 2.91. The fourth-order valence-electron chi connectivity index (χ4n) is 1.81. The highest BCUT2D eigenvalue weighted by Gasteiger charge is 2.15. The molecule has 0 aromatic heterocycles. The van der Waals surface area contributed by atoms with Crippen molar-refractivity contribution in [2.45, 2.75) is 6.61 Å². The summed E-state index contributed by atoms with van der Waals surface area (Å²) in [5.41, 5.74) is 0.753. The van der Waals surface area contributed by atoms with Crippen molar-refractivity contribution in [1.29, 1.82) is 0 Å². The topological polar surface area (TPSA) is 89.7 Å². The fourth-order valence-corrected chi connectivity index (χ4v) is 1.81. The molecule has 0 bridgehead atoms. The Bertz CT molecular complexity index is 756. The Morgan fingerprint density at radius 2 is 1.96 bits per heavy atom. The van der Waals surface area contributed by atoms with Gasteiger partial charge in [-0.15, -0.1) is 0 Å². The molecule has 7 heteroatoms. The molecule has 0 radical (unpaired) electrons. The van der Waals surface area contributed by atoms with E-state index in [2.05, 4.69) is 0 Å². The summed E-state index contributed by atoms with van der Waals surface area (Å²) in [5, 5.41) is 19.7. The molecule has 0 aliphatic carbocycles. The van der Waals surface area contributed by atoms with Gasteiger partial charge in [0.25, 0.3) is 0 Å². The van der Waals surface area contributed by atoms with Gasteiger partial charge in [0.1, 0.15) is 12.4 Å². The molecule has 118 valence electrons.